The average Bonchev–Trinajstić information content (AvgIpc) is 2.59. The molecule has 0 saturated heterocycles. The fourth-order valence-corrected chi connectivity index (χ4v) is 2.95. The molecule has 0 unspecified atom stereocenters. The number of rotatable bonds is 6. The normalized spacial score (nSPS) is 10.9. The Morgan fingerprint density at radius 2 is 1.88 bits per heavy atom. The van der Waals surface area contributed by atoms with Crippen LogP contribution in [0, 0.1) is 6.92 Å². The second kappa shape index (κ2) is 7.98. The number of primary sulfonamides is 1. The maximum atomic E-state index is 12.0. The number of carbonyl (C=O) groups excluding carboxylic acids is 2. The van der Waals surface area contributed by atoms with Crippen molar-refractivity contribution in [2.75, 3.05) is 19.0 Å². The van der Waals surface area contributed by atoms with Gasteiger partial charge in [0.25, 0.3) is 5.91 Å². The monoisotopic (exact) mass is 377 g/mol. The van der Waals surface area contributed by atoms with Gasteiger partial charge in [-0.05, 0) is 37.3 Å². The van der Waals surface area contributed by atoms with Crippen LogP contribution in [-0.2, 0) is 14.8 Å². The highest BCUT2D eigenvalue weighted by Crippen LogP contribution is 2.25. The third kappa shape index (κ3) is 5.04. The van der Waals surface area contributed by atoms with E-state index < -0.39 is 15.9 Å². The van der Waals surface area contributed by atoms with Gasteiger partial charge in [-0.3, -0.25) is 9.59 Å². The fraction of sp³-hybridized carbons (Fsp3) is 0.176. The van der Waals surface area contributed by atoms with Crippen molar-refractivity contribution >= 4 is 27.5 Å². The van der Waals surface area contributed by atoms with E-state index in [1.807, 2.05) is 13.0 Å². The number of benzene rings is 2. The molecule has 9 heteroatoms. The molecule has 138 valence electrons. The molecule has 0 aliphatic carbocycles. The predicted octanol–water partition coefficient (Wildman–Crippen LogP) is 1.02. The van der Waals surface area contributed by atoms with Crippen LogP contribution in [0.15, 0.2) is 47.4 Å². The number of nitrogens with one attached hydrogen (secondary N) is 2. The van der Waals surface area contributed by atoms with Crippen LogP contribution >= 0.6 is 0 Å². The van der Waals surface area contributed by atoms with Crippen LogP contribution in [0.2, 0.25) is 0 Å². The topological polar surface area (TPSA) is 128 Å². The van der Waals surface area contributed by atoms with Crippen LogP contribution in [0.1, 0.15) is 15.9 Å². The molecule has 0 spiro atoms. The first-order valence-corrected chi connectivity index (χ1v) is 9.11. The Hall–Kier alpha value is -2.91. The molecule has 0 aliphatic rings. The van der Waals surface area contributed by atoms with Crippen LogP contribution < -0.4 is 20.5 Å². The summed E-state index contributed by atoms with van der Waals surface area (Å²) >= 11 is 0. The Kier molecular flexibility index (Phi) is 5.96. The zero-order valence-corrected chi connectivity index (χ0v) is 15.1. The summed E-state index contributed by atoms with van der Waals surface area (Å²) in [6.07, 6.45) is 0. The smallest absolute Gasteiger partial charge is 0.251 e. The van der Waals surface area contributed by atoms with Gasteiger partial charge in [0.15, 0.2) is 0 Å². The highest BCUT2D eigenvalue weighted by molar-refractivity contribution is 7.89. The van der Waals surface area contributed by atoms with Crippen molar-refractivity contribution < 1.29 is 22.7 Å². The minimum atomic E-state index is -4.02. The fourth-order valence-electron chi connectivity index (χ4n) is 2.23. The molecule has 0 aliphatic heterocycles. The van der Waals surface area contributed by atoms with E-state index in [1.165, 1.54) is 25.3 Å². The van der Waals surface area contributed by atoms with E-state index in [-0.39, 0.29) is 28.8 Å². The molecule has 0 saturated carbocycles. The Balaban J connectivity index is 2.03. The first-order chi connectivity index (χ1) is 12.2. The van der Waals surface area contributed by atoms with Gasteiger partial charge < -0.3 is 15.4 Å². The minimum Gasteiger partial charge on any atom is -0.495 e. The first kappa shape index (κ1) is 19.4. The van der Waals surface area contributed by atoms with Gasteiger partial charge in [-0.2, -0.15) is 0 Å². The number of aryl methyl sites for hydroxylation is 1. The maximum Gasteiger partial charge on any atom is 0.251 e. The predicted molar refractivity (Wildman–Crippen MR) is 96.5 cm³/mol. The zero-order chi connectivity index (χ0) is 19.3. The van der Waals surface area contributed by atoms with Gasteiger partial charge in [-0.25, -0.2) is 13.6 Å². The van der Waals surface area contributed by atoms with Crippen molar-refractivity contribution in [1.29, 1.82) is 0 Å². The van der Waals surface area contributed by atoms with Crippen LogP contribution in [-0.4, -0.2) is 33.9 Å². The Morgan fingerprint density at radius 1 is 1.15 bits per heavy atom. The second-order valence-electron chi connectivity index (χ2n) is 5.51. The summed E-state index contributed by atoms with van der Waals surface area (Å²) in [5.41, 5.74) is 1.58. The number of anilines is 1. The van der Waals surface area contributed by atoms with Gasteiger partial charge in [-0.1, -0.05) is 17.7 Å². The maximum absolute atomic E-state index is 12.0. The first-order valence-electron chi connectivity index (χ1n) is 7.56. The summed E-state index contributed by atoms with van der Waals surface area (Å²) in [5, 5.41) is 10.1. The number of hydrogen-bond acceptors (Lipinski definition) is 5. The molecule has 2 aromatic carbocycles. The molecular weight excluding hydrogens is 358 g/mol. The molecule has 26 heavy (non-hydrogen) atoms. The highest BCUT2D eigenvalue weighted by atomic mass is 32.2. The van der Waals surface area contributed by atoms with Gasteiger partial charge in [0, 0.05) is 11.3 Å². The van der Waals surface area contributed by atoms with Crippen LogP contribution in [0.25, 0.3) is 0 Å². The third-order valence-corrected chi connectivity index (χ3v) is 4.38. The zero-order valence-electron chi connectivity index (χ0n) is 14.3. The molecule has 2 amide bonds. The molecule has 0 aromatic heterocycles. The molecule has 0 radical (unpaired) electrons. The number of hydrogen-bond donors (Lipinski definition) is 3. The van der Waals surface area contributed by atoms with Crippen molar-refractivity contribution in [1.82, 2.24) is 5.32 Å². The van der Waals surface area contributed by atoms with E-state index >= 15 is 0 Å². The van der Waals surface area contributed by atoms with Crippen molar-refractivity contribution in [3.05, 3.63) is 53.6 Å². The summed E-state index contributed by atoms with van der Waals surface area (Å²) in [4.78, 5) is 23.8. The lowest BCUT2D eigenvalue weighted by atomic mass is 10.1. The quantitative estimate of drug-likeness (QED) is 0.692. The molecule has 2 aromatic rings. The average molecular weight is 377 g/mol. The van der Waals surface area contributed by atoms with Crippen LogP contribution in [0.4, 0.5) is 5.69 Å². The largest absolute Gasteiger partial charge is 0.495 e. The number of sulfonamides is 1. The number of carbonyl (C=O) groups is 2. The SMILES string of the molecule is COc1ccc(NC(=O)CNC(=O)c2cccc(C)c2)cc1S(N)(=O)=O. The van der Waals surface area contributed by atoms with E-state index in [2.05, 4.69) is 10.6 Å². The molecule has 2 rings (SSSR count). The summed E-state index contributed by atoms with van der Waals surface area (Å²) < 4.78 is 28.1. The van der Waals surface area contributed by atoms with Crippen LogP contribution in [0.3, 0.4) is 0 Å². The lowest BCUT2D eigenvalue weighted by Gasteiger charge is -2.11. The number of methoxy groups -OCH3 is 1. The van der Waals surface area contributed by atoms with Gasteiger partial charge in [0.1, 0.15) is 10.6 Å². The molecule has 0 bridgehead atoms. The Morgan fingerprint density at radius 3 is 2.50 bits per heavy atom. The number of amides is 2. The molecule has 0 heterocycles. The summed E-state index contributed by atoms with van der Waals surface area (Å²) in [6.45, 7) is 1.58. The van der Waals surface area contributed by atoms with E-state index in [9.17, 15) is 18.0 Å². The van der Waals surface area contributed by atoms with Gasteiger partial charge in [0.05, 0.1) is 13.7 Å². The lowest BCUT2D eigenvalue weighted by Crippen LogP contribution is -2.32. The van der Waals surface area contributed by atoms with Crippen molar-refractivity contribution in [3.63, 3.8) is 0 Å². The second-order valence-corrected chi connectivity index (χ2v) is 7.04. The van der Waals surface area contributed by atoms with Crippen molar-refractivity contribution in [2.45, 2.75) is 11.8 Å². The van der Waals surface area contributed by atoms with Crippen LogP contribution in [0.5, 0.6) is 5.75 Å². The number of ether oxygens (including phenoxy) is 1. The highest BCUT2D eigenvalue weighted by Gasteiger charge is 2.16. The third-order valence-electron chi connectivity index (χ3n) is 3.44. The summed E-state index contributed by atoms with van der Waals surface area (Å²) in [5.74, 6) is -0.835. The van der Waals surface area contributed by atoms with Crippen molar-refractivity contribution in [3.8, 4) is 5.75 Å². The van der Waals surface area contributed by atoms with Gasteiger partial charge in [0.2, 0.25) is 15.9 Å². The van der Waals surface area contributed by atoms with E-state index in [0.717, 1.165) is 5.56 Å². The molecule has 4 N–H and O–H groups in total. The molecule has 0 fully saturated rings. The Labute approximate surface area is 151 Å². The summed E-state index contributed by atoms with van der Waals surface area (Å²) in [6, 6.07) is 11.0. The molecule has 0 atom stereocenters. The minimum absolute atomic E-state index is 0.0678. The summed E-state index contributed by atoms with van der Waals surface area (Å²) in [7, 11) is -2.71. The van der Waals surface area contributed by atoms with E-state index in [4.69, 9.17) is 9.88 Å². The molecular formula is C17H19N3O5S. The van der Waals surface area contributed by atoms with E-state index in [1.54, 1.807) is 18.2 Å². The van der Waals surface area contributed by atoms with E-state index in [0.29, 0.717) is 5.56 Å². The Bertz CT molecular complexity index is 941. The van der Waals surface area contributed by atoms with Gasteiger partial charge in [-0.15, -0.1) is 0 Å². The lowest BCUT2D eigenvalue weighted by molar-refractivity contribution is -0.115. The number of nitrogens with two attached hydrogens (primary N) is 1. The van der Waals surface area contributed by atoms with Crippen molar-refractivity contribution in [2.24, 2.45) is 5.14 Å². The standard InChI is InChI=1S/C17H19N3O5S/c1-11-4-3-5-12(8-11)17(22)19-10-16(21)20-13-6-7-14(25-2)15(9-13)26(18,23)24/h3-9H,10H2,1-2H3,(H,19,22)(H,20,21)(H2,18,23,24). The molecule has 8 nitrogen and oxygen atoms in total. The van der Waals surface area contributed by atoms with Gasteiger partial charge >= 0.3 is 0 Å².